The molecule has 1 aromatic rings. The molecular weight excluding hydrogens is 319 g/mol. The zero-order valence-corrected chi connectivity index (χ0v) is 14.3. The van der Waals surface area contributed by atoms with E-state index < -0.39 is 0 Å². The number of aromatic nitrogens is 1. The van der Waals surface area contributed by atoms with Crippen LogP contribution < -0.4 is 0 Å². The Balaban J connectivity index is 2.21. The minimum atomic E-state index is -0.0676. The van der Waals surface area contributed by atoms with Gasteiger partial charge in [0.15, 0.2) is 0 Å². The zero-order chi connectivity index (χ0) is 16.1. The molecule has 0 radical (unpaired) electrons. The predicted octanol–water partition coefficient (Wildman–Crippen LogP) is 5.00. The van der Waals surface area contributed by atoms with E-state index in [1.165, 1.54) is 18.0 Å². The van der Waals surface area contributed by atoms with Gasteiger partial charge in [-0.3, -0.25) is 4.98 Å². The summed E-state index contributed by atoms with van der Waals surface area (Å²) in [4.78, 5) is 8.51. The topological polar surface area (TPSA) is 34.5 Å². The van der Waals surface area contributed by atoms with Gasteiger partial charge in [-0.05, 0) is 20.8 Å². The highest BCUT2D eigenvalue weighted by Crippen LogP contribution is 2.28. The fourth-order valence-corrected chi connectivity index (χ4v) is 2.62. The number of pyridine rings is 1. The van der Waals surface area contributed by atoms with Crippen molar-refractivity contribution in [3.63, 3.8) is 0 Å². The van der Waals surface area contributed by atoms with Crippen LogP contribution in [0.4, 0.5) is 0 Å². The molecule has 0 N–H and O–H groups in total. The predicted molar refractivity (Wildman–Crippen MR) is 92.8 cm³/mol. The van der Waals surface area contributed by atoms with E-state index in [9.17, 15) is 0 Å². The Labute approximate surface area is 141 Å². The van der Waals surface area contributed by atoms with Crippen LogP contribution in [0.3, 0.4) is 0 Å². The van der Waals surface area contributed by atoms with Gasteiger partial charge in [-0.15, -0.1) is 0 Å². The first-order valence-electron chi connectivity index (χ1n) is 7.04. The molecule has 0 spiro atoms. The maximum Gasteiger partial charge on any atom is 0.220 e. The molecule has 0 aromatic carbocycles. The lowest BCUT2D eigenvalue weighted by Crippen LogP contribution is -2.16. The first-order valence-corrected chi connectivity index (χ1v) is 7.80. The van der Waals surface area contributed by atoms with E-state index in [1.54, 1.807) is 0 Å². The van der Waals surface area contributed by atoms with E-state index in [2.05, 4.69) is 9.98 Å². The van der Waals surface area contributed by atoms with Crippen molar-refractivity contribution >= 4 is 29.1 Å². The lowest BCUT2D eigenvalue weighted by atomic mass is 10.1. The Kier molecular flexibility index (Phi) is 5.81. The molecule has 0 aliphatic carbocycles. The first-order chi connectivity index (χ1) is 10.5. The third-order valence-corrected chi connectivity index (χ3v) is 3.78. The third-order valence-electron chi connectivity index (χ3n) is 3.21. The van der Waals surface area contributed by atoms with Crippen LogP contribution in [0.25, 0.3) is 0 Å². The number of ether oxygens (including phenoxy) is 1. The molecule has 0 saturated carbocycles. The van der Waals surface area contributed by atoms with E-state index in [0.29, 0.717) is 21.5 Å². The first kappa shape index (κ1) is 16.8. The second-order valence-electron chi connectivity index (χ2n) is 5.02. The van der Waals surface area contributed by atoms with Crippen LogP contribution in [-0.4, -0.2) is 23.0 Å². The molecule has 2 rings (SSSR count). The monoisotopic (exact) mass is 336 g/mol. The second-order valence-corrected chi connectivity index (χ2v) is 5.84. The number of nitrogens with zero attached hydrogens (tertiary/aromatic N) is 2. The summed E-state index contributed by atoms with van der Waals surface area (Å²) in [6.45, 7) is 6.01. The van der Waals surface area contributed by atoms with Gasteiger partial charge in [0.25, 0.3) is 0 Å². The third kappa shape index (κ3) is 3.99. The van der Waals surface area contributed by atoms with Crippen LogP contribution in [-0.2, 0) is 4.74 Å². The molecule has 0 fully saturated rings. The van der Waals surface area contributed by atoms with E-state index in [0.717, 1.165) is 0 Å². The number of rotatable bonds is 4. The Morgan fingerprint density at radius 1 is 1.27 bits per heavy atom. The van der Waals surface area contributed by atoms with Gasteiger partial charge in [0.2, 0.25) is 5.90 Å². The van der Waals surface area contributed by atoms with Gasteiger partial charge in [0, 0.05) is 12.4 Å². The molecule has 22 heavy (non-hydrogen) atoms. The number of aliphatic imine (C=N–C) groups is 1. The Morgan fingerprint density at radius 3 is 2.59 bits per heavy atom. The van der Waals surface area contributed by atoms with Crippen LogP contribution in [0.5, 0.6) is 0 Å². The summed E-state index contributed by atoms with van der Waals surface area (Å²) in [6.07, 6.45) is 13.1. The Hall–Kier alpha value is -1.58. The van der Waals surface area contributed by atoms with Crippen LogP contribution >= 0.6 is 23.2 Å². The molecule has 1 aliphatic heterocycles. The second kappa shape index (κ2) is 7.61. The van der Waals surface area contributed by atoms with Crippen LogP contribution in [0.15, 0.2) is 53.3 Å². The van der Waals surface area contributed by atoms with Crippen LogP contribution in [0, 0.1) is 0 Å². The lowest BCUT2D eigenvalue weighted by molar-refractivity contribution is 0.227. The minimum Gasteiger partial charge on any atom is -0.472 e. The van der Waals surface area contributed by atoms with E-state index in [1.807, 2.05) is 51.2 Å². The molecule has 1 aliphatic rings. The molecule has 2 unspecified atom stereocenters. The van der Waals surface area contributed by atoms with Gasteiger partial charge in [0.05, 0.1) is 15.6 Å². The summed E-state index contributed by atoms with van der Waals surface area (Å²) in [5, 5.41) is 0.874. The largest absolute Gasteiger partial charge is 0.472 e. The summed E-state index contributed by atoms with van der Waals surface area (Å²) in [5.74, 6) is 0.466. The van der Waals surface area contributed by atoms with Crippen molar-refractivity contribution in [3.05, 3.63) is 64.0 Å². The highest BCUT2D eigenvalue weighted by Gasteiger charge is 2.28. The standard InChI is InChI=1S/C17H18Cl2N2O/c1-4-6-11(2)7-5-8-15-12(3)22-17(21-15)16-13(18)9-20-10-14(16)19/h4-10,12,15H,1-3H3/b6-4-,8-5+,11-7-. The molecule has 0 amide bonds. The number of allylic oxidation sites excluding steroid dienone is 5. The Morgan fingerprint density at radius 2 is 1.95 bits per heavy atom. The SMILES string of the molecule is C\C=C/C(C)=C\C=C\C1N=C(c2c(Cl)cncc2Cl)OC1C. The van der Waals surface area contributed by atoms with Gasteiger partial charge >= 0.3 is 0 Å². The summed E-state index contributed by atoms with van der Waals surface area (Å²) in [7, 11) is 0. The molecule has 1 aromatic heterocycles. The quantitative estimate of drug-likeness (QED) is 0.725. The fourth-order valence-electron chi connectivity index (χ4n) is 2.09. The number of halogens is 2. The molecular formula is C17H18Cl2N2O. The summed E-state index contributed by atoms with van der Waals surface area (Å²) in [5.41, 5.74) is 1.77. The maximum atomic E-state index is 6.14. The van der Waals surface area contributed by atoms with Crippen LogP contribution in [0.2, 0.25) is 10.0 Å². The van der Waals surface area contributed by atoms with E-state index in [4.69, 9.17) is 27.9 Å². The molecule has 3 nitrogen and oxygen atoms in total. The van der Waals surface area contributed by atoms with E-state index >= 15 is 0 Å². The van der Waals surface area contributed by atoms with Gasteiger partial charge in [-0.2, -0.15) is 0 Å². The molecule has 0 saturated heterocycles. The number of hydrogen-bond donors (Lipinski definition) is 0. The zero-order valence-electron chi connectivity index (χ0n) is 12.8. The molecule has 116 valence electrons. The van der Waals surface area contributed by atoms with Gasteiger partial charge in [0.1, 0.15) is 12.1 Å². The summed E-state index contributed by atoms with van der Waals surface area (Å²) < 4.78 is 5.79. The molecule has 0 bridgehead atoms. The Bertz CT molecular complexity index is 642. The molecule has 5 heteroatoms. The van der Waals surface area contributed by atoms with Crippen LogP contribution in [0.1, 0.15) is 26.3 Å². The van der Waals surface area contributed by atoms with Crippen molar-refractivity contribution in [3.8, 4) is 0 Å². The average Bonchev–Trinajstić information content (AvgIpc) is 2.80. The minimum absolute atomic E-state index is 0.0649. The molecule has 2 heterocycles. The van der Waals surface area contributed by atoms with Gasteiger partial charge < -0.3 is 4.74 Å². The highest BCUT2D eigenvalue weighted by molar-refractivity contribution is 6.39. The average molecular weight is 337 g/mol. The van der Waals surface area contributed by atoms with Crippen molar-refractivity contribution in [2.75, 3.05) is 0 Å². The fraction of sp³-hybridized carbons (Fsp3) is 0.294. The van der Waals surface area contributed by atoms with Crippen molar-refractivity contribution in [2.24, 2.45) is 4.99 Å². The normalized spacial score (nSPS) is 22.4. The van der Waals surface area contributed by atoms with Gasteiger partial charge in [-0.1, -0.05) is 59.2 Å². The highest BCUT2D eigenvalue weighted by atomic mass is 35.5. The summed E-state index contributed by atoms with van der Waals surface area (Å²) in [6, 6.07) is -0.0649. The van der Waals surface area contributed by atoms with Gasteiger partial charge in [-0.25, -0.2) is 4.99 Å². The van der Waals surface area contributed by atoms with Crippen molar-refractivity contribution in [1.29, 1.82) is 0 Å². The van der Waals surface area contributed by atoms with Crippen molar-refractivity contribution in [2.45, 2.75) is 32.9 Å². The maximum absolute atomic E-state index is 6.14. The number of hydrogen-bond acceptors (Lipinski definition) is 3. The van der Waals surface area contributed by atoms with Crippen molar-refractivity contribution < 1.29 is 4.74 Å². The van der Waals surface area contributed by atoms with E-state index in [-0.39, 0.29) is 12.1 Å². The molecule has 2 atom stereocenters. The summed E-state index contributed by atoms with van der Waals surface area (Å²) >= 11 is 12.3. The van der Waals surface area contributed by atoms with Crippen molar-refractivity contribution in [1.82, 2.24) is 4.98 Å². The smallest absolute Gasteiger partial charge is 0.220 e. The lowest BCUT2D eigenvalue weighted by Gasteiger charge is -2.10.